The third-order valence-electron chi connectivity index (χ3n) is 2.85. The number of aromatic nitrogens is 2. The smallest absolute Gasteiger partial charge is 0.259 e. The first-order valence-electron chi connectivity index (χ1n) is 6.26. The van der Waals surface area contributed by atoms with Gasteiger partial charge in [0.2, 0.25) is 0 Å². The van der Waals surface area contributed by atoms with Crippen molar-refractivity contribution in [1.82, 2.24) is 9.97 Å². The maximum absolute atomic E-state index is 12.1. The van der Waals surface area contributed by atoms with E-state index in [1.165, 1.54) is 17.5 Å². The van der Waals surface area contributed by atoms with Gasteiger partial charge in [-0.3, -0.25) is 10.1 Å². The molecule has 0 atom stereocenters. The van der Waals surface area contributed by atoms with Crippen molar-refractivity contribution in [3.8, 4) is 11.3 Å². The van der Waals surface area contributed by atoms with Gasteiger partial charge in [0.25, 0.3) is 5.91 Å². The molecular formula is C15H9Cl2N3OS. The predicted molar refractivity (Wildman–Crippen MR) is 89.8 cm³/mol. The maximum Gasteiger partial charge on any atom is 0.259 e. The summed E-state index contributed by atoms with van der Waals surface area (Å²) in [6.45, 7) is 0. The highest BCUT2D eigenvalue weighted by atomic mass is 35.5. The molecule has 4 nitrogen and oxygen atoms in total. The Morgan fingerprint density at radius 2 is 1.86 bits per heavy atom. The summed E-state index contributed by atoms with van der Waals surface area (Å²) in [6.07, 6.45) is 1.42. The number of amides is 1. The van der Waals surface area contributed by atoms with Gasteiger partial charge in [-0.15, -0.1) is 11.3 Å². The van der Waals surface area contributed by atoms with Crippen molar-refractivity contribution in [2.24, 2.45) is 0 Å². The van der Waals surface area contributed by atoms with Crippen molar-refractivity contribution in [3.05, 3.63) is 63.7 Å². The van der Waals surface area contributed by atoms with E-state index in [0.29, 0.717) is 20.9 Å². The zero-order valence-electron chi connectivity index (χ0n) is 11.1. The third kappa shape index (κ3) is 3.44. The average molecular weight is 350 g/mol. The van der Waals surface area contributed by atoms with Gasteiger partial charge in [0.15, 0.2) is 5.13 Å². The van der Waals surface area contributed by atoms with Crippen LogP contribution in [0.2, 0.25) is 10.2 Å². The number of thiazole rings is 1. The first kappa shape index (κ1) is 15.0. The van der Waals surface area contributed by atoms with E-state index < -0.39 is 0 Å². The molecular weight excluding hydrogens is 341 g/mol. The van der Waals surface area contributed by atoms with Crippen LogP contribution in [0, 0.1) is 0 Å². The van der Waals surface area contributed by atoms with Gasteiger partial charge in [0, 0.05) is 22.2 Å². The van der Waals surface area contributed by atoms with E-state index in [9.17, 15) is 4.79 Å². The number of hydrogen-bond donors (Lipinski definition) is 1. The highest BCUT2D eigenvalue weighted by Gasteiger charge is 2.10. The molecule has 0 aliphatic carbocycles. The molecule has 0 spiro atoms. The molecule has 1 amide bonds. The van der Waals surface area contributed by atoms with E-state index in [1.54, 1.807) is 24.3 Å². The van der Waals surface area contributed by atoms with Crippen LogP contribution in [0.25, 0.3) is 11.3 Å². The van der Waals surface area contributed by atoms with Crippen molar-refractivity contribution in [3.63, 3.8) is 0 Å². The van der Waals surface area contributed by atoms with E-state index in [2.05, 4.69) is 15.3 Å². The lowest BCUT2D eigenvalue weighted by Gasteiger charge is -2.01. The van der Waals surface area contributed by atoms with Crippen molar-refractivity contribution >= 4 is 45.6 Å². The molecule has 2 aromatic heterocycles. The van der Waals surface area contributed by atoms with Gasteiger partial charge in [0.1, 0.15) is 5.15 Å². The Kier molecular flexibility index (Phi) is 4.38. The molecule has 0 unspecified atom stereocenters. The predicted octanol–water partition coefficient (Wildman–Crippen LogP) is 4.76. The minimum atomic E-state index is -0.277. The number of anilines is 1. The molecule has 0 saturated carbocycles. The topological polar surface area (TPSA) is 54.9 Å². The normalized spacial score (nSPS) is 10.5. The van der Waals surface area contributed by atoms with E-state index >= 15 is 0 Å². The molecule has 0 radical (unpaired) electrons. The minimum absolute atomic E-state index is 0.277. The molecule has 0 fully saturated rings. The van der Waals surface area contributed by atoms with E-state index in [1.807, 2.05) is 17.5 Å². The Labute approximate surface area is 140 Å². The van der Waals surface area contributed by atoms with Crippen LogP contribution >= 0.6 is 34.5 Å². The number of carbonyl (C=O) groups excluding carboxylic acids is 1. The number of halogens is 2. The second-order valence-corrected chi connectivity index (χ2v) is 6.05. The quantitative estimate of drug-likeness (QED) is 0.693. The SMILES string of the molecule is O=C(Nc1nc(-c2ccc(Cl)cc2)cs1)c1ccc(Cl)nc1. The zero-order valence-corrected chi connectivity index (χ0v) is 13.4. The van der Waals surface area contributed by atoms with E-state index in [4.69, 9.17) is 23.2 Å². The summed E-state index contributed by atoms with van der Waals surface area (Å²) in [6, 6.07) is 10.5. The molecule has 22 heavy (non-hydrogen) atoms. The Balaban J connectivity index is 1.75. The van der Waals surface area contributed by atoms with E-state index in [0.717, 1.165) is 11.3 Å². The Hall–Kier alpha value is -1.95. The summed E-state index contributed by atoms with van der Waals surface area (Å²) >= 11 is 12.9. The standard InChI is InChI=1S/C15H9Cl2N3OS/c16-11-4-1-9(2-5-11)12-8-22-15(19-12)20-14(21)10-3-6-13(17)18-7-10/h1-8H,(H,19,20,21). The van der Waals surface area contributed by atoms with Crippen LogP contribution in [0.15, 0.2) is 48.0 Å². The van der Waals surface area contributed by atoms with Gasteiger partial charge in [-0.05, 0) is 24.3 Å². The van der Waals surface area contributed by atoms with Crippen LogP contribution in [0.3, 0.4) is 0 Å². The molecule has 0 bridgehead atoms. The highest BCUT2D eigenvalue weighted by molar-refractivity contribution is 7.14. The second kappa shape index (κ2) is 6.44. The molecule has 7 heteroatoms. The van der Waals surface area contributed by atoms with E-state index in [-0.39, 0.29) is 5.91 Å². The second-order valence-electron chi connectivity index (χ2n) is 4.37. The fourth-order valence-electron chi connectivity index (χ4n) is 1.76. The fourth-order valence-corrected chi connectivity index (χ4v) is 2.72. The van der Waals surface area contributed by atoms with Gasteiger partial charge in [-0.2, -0.15) is 0 Å². The molecule has 3 rings (SSSR count). The van der Waals surface area contributed by atoms with Gasteiger partial charge in [-0.25, -0.2) is 9.97 Å². The van der Waals surface area contributed by atoms with Crippen LogP contribution < -0.4 is 5.32 Å². The molecule has 1 N–H and O–H groups in total. The van der Waals surface area contributed by atoms with Crippen molar-refractivity contribution in [2.45, 2.75) is 0 Å². The van der Waals surface area contributed by atoms with Gasteiger partial charge in [0.05, 0.1) is 11.3 Å². The van der Waals surface area contributed by atoms with Crippen LogP contribution in [0.1, 0.15) is 10.4 Å². The number of hydrogen-bond acceptors (Lipinski definition) is 4. The molecule has 1 aromatic carbocycles. The summed E-state index contributed by atoms with van der Waals surface area (Å²) < 4.78 is 0. The monoisotopic (exact) mass is 349 g/mol. The first-order valence-corrected chi connectivity index (χ1v) is 7.90. The summed E-state index contributed by atoms with van der Waals surface area (Å²) in [5.41, 5.74) is 2.15. The zero-order chi connectivity index (χ0) is 15.5. The van der Waals surface area contributed by atoms with Crippen LogP contribution in [0.4, 0.5) is 5.13 Å². The van der Waals surface area contributed by atoms with Crippen molar-refractivity contribution in [1.29, 1.82) is 0 Å². The number of rotatable bonds is 3. The highest BCUT2D eigenvalue weighted by Crippen LogP contribution is 2.26. The Morgan fingerprint density at radius 3 is 2.55 bits per heavy atom. The van der Waals surface area contributed by atoms with Crippen molar-refractivity contribution < 1.29 is 4.79 Å². The summed E-state index contributed by atoms with van der Waals surface area (Å²) in [5, 5.41) is 6.14. The average Bonchev–Trinajstić information content (AvgIpc) is 2.97. The largest absolute Gasteiger partial charge is 0.298 e. The van der Waals surface area contributed by atoms with Crippen LogP contribution in [-0.4, -0.2) is 15.9 Å². The lowest BCUT2D eigenvalue weighted by molar-refractivity contribution is 0.102. The minimum Gasteiger partial charge on any atom is -0.298 e. The first-order chi connectivity index (χ1) is 10.6. The summed E-state index contributed by atoms with van der Waals surface area (Å²) in [5.74, 6) is -0.277. The summed E-state index contributed by atoms with van der Waals surface area (Å²) in [7, 11) is 0. The lowest BCUT2D eigenvalue weighted by atomic mass is 10.2. The molecule has 0 aliphatic rings. The number of benzene rings is 1. The van der Waals surface area contributed by atoms with Gasteiger partial charge in [-0.1, -0.05) is 35.3 Å². The van der Waals surface area contributed by atoms with Gasteiger partial charge >= 0.3 is 0 Å². The van der Waals surface area contributed by atoms with Crippen LogP contribution in [-0.2, 0) is 0 Å². The van der Waals surface area contributed by atoms with Crippen molar-refractivity contribution in [2.75, 3.05) is 5.32 Å². The fraction of sp³-hybridized carbons (Fsp3) is 0. The summed E-state index contributed by atoms with van der Waals surface area (Å²) in [4.78, 5) is 20.3. The number of nitrogens with zero attached hydrogens (tertiary/aromatic N) is 2. The van der Waals surface area contributed by atoms with Gasteiger partial charge < -0.3 is 0 Å². The molecule has 0 saturated heterocycles. The third-order valence-corrected chi connectivity index (χ3v) is 4.09. The maximum atomic E-state index is 12.1. The molecule has 110 valence electrons. The number of carbonyl (C=O) groups is 1. The lowest BCUT2D eigenvalue weighted by Crippen LogP contribution is -2.11. The number of nitrogens with one attached hydrogen (secondary N) is 1. The molecule has 0 aliphatic heterocycles. The molecule has 3 aromatic rings. The Morgan fingerprint density at radius 1 is 1.09 bits per heavy atom. The molecule has 2 heterocycles. The Bertz CT molecular complexity index is 800. The van der Waals surface area contributed by atoms with Crippen LogP contribution in [0.5, 0.6) is 0 Å². The number of pyridine rings is 1.